The molecule has 0 fully saturated rings. The van der Waals surface area contributed by atoms with Crippen LogP contribution < -0.4 is 9.64 Å². The third-order valence-electron chi connectivity index (χ3n) is 3.92. The number of carbonyl (C=O) groups excluding carboxylic acids is 2. The van der Waals surface area contributed by atoms with Gasteiger partial charge in [0.15, 0.2) is 0 Å². The van der Waals surface area contributed by atoms with E-state index < -0.39 is 5.97 Å². The maximum Gasteiger partial charge on any atom is 0.345 e. The molecule has 118 valence electrons. The van der Waals surface area contributed by atoms with E-state index in [-0.39, 0.29) is 11.8 Å². The number of hydrogen-bond acceptors (Lipinski definition) is 3. The summed E-state index contributed by atoms with van der Waals surface area (Å²) in [6.45, 7) is 6.08. The van der Waals surface area contributed by atoms with Crippen LogP contribution in [0.25, 0.3) is 0 Å². The molecule has 0 bridgehead atoms. The normalized spacial score (nSPS) is 13.7. The largest absolute Gasteiger partial charge is 0.423 e. The number of anilines is 1. The molecule has 4 nitrogen and oxygen atoms in total. The number of nitrogens with zero attached hydrogens (tertiary/aromatic N) is 1. The number of aryl methyl sites for hydroxylation is 1. The van der Waals surface area contributed by atoms with Gasteiger partial charge in [0.2, 0.25) is 5.91 Å². The van der Waals surface area contributed by atoms with E-state index in [1.165, 1.54) is 0 Å². The first-order valence-corrected chi connectivity index (χ1v) is 7.69. The molecule has 0 aliphatic carbocycles. The van der Waals surface area contributed by atoms with Crippen molar-refractivity contribution in [1.82, 2.24) is 0 Å². The second-order valence-electron chi connectivity index (χ2n) is 6.10. The Morgan fingerprint density at radius 3 is 2.65 bits per heavy atom. The number of hydrogen-bond donors (Lipinski definition) is 0. The van der Waals surface area contributed by atoms with E-state index in [0.717, 1.165) is 11.1 Å². The first-order valence-electron chi connectivity index (χ1n) is 7.69. The van der Waals surface area contributed by atoms with Gasteiger partial charge in [-0.15, -0.1) is 0 Å². The van der Waals surface area contributed by atoms with E-state index in [1.807, 2.05) is 39.0 Å². The summed E-state index contributed by atoms with van der Waals surface area (Å²) in [5.74, 6) is -0.102. The van der Waals surface area contributed by atoms with Crippen molar-refractivity contribution >= 4 is 17.6 Å². The third kappa shape index (κ3) is 2.84. The Morgan fingerprint density at radius 1 is 1.17 bits per heavy atom. The van der Waals surface area contributed by atoms with Crippen LogP contribution in [0.15, 0.2) is 42.5 Å². The van der Waals surface area contributed by atoms with E-state index >= 15 is 0 Å². The maximum absolute atomic E-state index is 12.7. The molecule has 1 heterocycles. The van der Waals surface area contributed by atoms with Crippen molar-refractivity contribution in [2.45, 2.75) is 27.3 Å². The highest BCUT2D eigenvalue weighted by molar-refractivity contribution is 6.04. The van der Waals surface area contributed by atoms with Gasteiger partial charge in [-0.05, 0) is 25.1 Å². The van der Waals surface area contributed by atoms with Gasteiger partial charge in [-0.25, -0.2) is 4.79 Å². The molecule has 0 spiro atoms. The Morgan fingerprint density at radius 2 is 1.91 bits per heavy atom. The zero-order valence-corrected chi connectivity index (χ0v) is 13.5. The van der Waals surface area contributed by atoms with Gasteiger partial charge in [0.25, 0.3) is 0 Å². The standard InChI is InChI=1S/C19H19NO3/c1-12(2)18(21)20-11-14-10-13(3)8-9-17(14)23-19(22)15-6-4-5-7-16(15)20/h4-10,12H,11H2,1-3H3. The van der Waals surface area contributed by atoms with Crippen molar-refractivity contribution in [3.63, 3.8) is 0 Å². The number of amides is 1. The van der Waals surface area contributed by atoms with E-state index in [1.54, 1.807) is 29.2 Å². The van der Waals surface area contributed by atoms with Crippen molar-refractivity contribution in [2.75, 3.05) is 4.90 Å². The molecule has 0 N–H and O–H groups in total. The number of fused-ring (bicyclic) bond motifs is 2. The fourth-order valence-corrected chi connectivity index (χ4v) is 2.73. The molecule has 2 aromatic rings. The molecule has 0 radical (unpaired) electrons. The minimum absolute atomic E-state index is 0.0143. The molecular weight excluding hydrogens is 290 g/mol. The topological polar surface area (TPSA) is 46.6 Å². The van der Waals surface area contributed by atoms with Crippen molar-refractivity contribution in [3.05, 3.63) is 59.2 Å². The van der Waals surface area contributed by atoms with E-state index in [0.29, 0.717) is 23.5 Å². The lowest BCUT2D eigenvalue weighted by Crippen LogP contribution is -2.36. The Kier molecular flexibility index (Phi) is 3.90. The first-order chi connectivity index (χ1) is 11.0. The second-order valence-corrected chi connectivity index (χ2v) is 6.10. The summed E-state index contributed by atoms with van der Waals surface area (Å²) in [6, 6.07) is 12.7. The quantitative estimate of drug-likeness (QED) is 0.596. The number of carbonyl (C=O) groups is 2. The molecule has 0 saturated carbocycles. The minimum Gasteiger partial charge on any atom is -0.423 e. The molecule has 3 rings (SSSR count). The van der Waals surface area contributed by atoms with E-state index in [9.17, 15) is 9.59 Å². The lowest BCUT2D eigenvalue weighted by molar-refractivity contribution is -0.121. The smallest absolute Gasteiger partial charge is 0.345 e. The highest BCUT2D eigenvalue weighted by Gasteiger charge is 2.28. The molecular formula is C19H19NO3. The summed E-state index contributed by atoms with van der Waals surface area (Å²) >= 11 is 0. The summed E-state index contributed by atoms with van der Waals surface area (Å²) in [6.07, 6.45) is 0. The van der Waals surface area contributed by atoms with Gasteiger partial charge in [-0.1, -0.05) is 43.7 Å². The van der Waals surface area contributed by atoms with Gasteiger partial charge in [0, 0.05) is 11.5 Å². The lowest BCUT2D eigenvalue weighted by atomic mass is 10.0. The number of esters is 1. The van der Waals surface area contributed by atoms with Crippen LogP contribution in [-0.4, -0.2) is 11.9 Å². The molecule has 0 unspecified atom stereocenters. The monoisotopic (exact) mass is 309 g/mol. The molecule has 1 amide bonds. The second kappa shape index (κ2) is 5.88. The predicted octanol–water partition coefficient (Wildman–Crippen LogP) is 3.72. The first kappa shape index (κ1) is 15.3. The lowest BCUT2D eigenvalue weighted by Gasteiger charge is -2.29. The zero-order chi connectivity index (χ0) is 16.6. The average Bonchev–Trinajstić information content (AvgIpc) is 2.52. The Balaban J connectivity index is 2.17. The zero-order valence-electron chi connectivity index (χ0n) is 13.5. The van der Waals surface area contributed by atoms with E-state index in [2.05, 4.69) is 0 Å². The molecule has 4 heteroatoms. The van der Waals surface area contributed by atoms with Crippen molar-refractivity contribution < 1.29 is 14.3 Å². The average molecular weight is 309 g/mol. The summed E-state index contributed by atoms with van der Waals surface area (Å²) < 4.78 is 5.53. The molecule has 23 heavy (non-hydrogen) atoms. The van der Waals surface area contributed by atoms with Crippen LogP contribution in [0.2, 0.25) is 0 Å². The van der Waals surface area contributed by atoms with Gasteiger partial charge >= 0.3 is 5.97 Å². The Labute approximate surface area is 135 Å². The number of para-hydroxylation sites is 1. The summed E-state index contributed by atoms with van der Waals surface area (Å²) in [4.78, 5) is 26.9. The Hall–Kier alpha value is -2.62. The van der Waals surface area contributed by atoms with Gasteiger partial charge in [-0.3, -0.25) is 4.79 Å². The summed E-state index contributed by atoms with van der Waals surface area (Å²) in [5.41, 5.74) is 2.91. The van der Waals surface area contributed by atoms with Gasteiger partial charge in [-0.2, -0.15) is 0 Å². The highest BCUT2D eigenvalue weighted by atomic mass is 16.5. The van der Waals surface area contributed by atoms with Crippen molar-refractivity contribution in [1.29, 1.82) is 0 Å². The van der Waals surface area contributed by atoms with Crippen LogP contribution >= 0.6 is 0 Å². The summed E-state index contributed by atoms with van der Waals surface area (Å²) in [7, 11) is 0. The van der Waals surface area contributed by atoms with Crippen molar-refractivity contribution in [3.8, 4) is 5.75 Å². The van der Waals surface area contributed by atoms with Gasteiger partial charge in [0.1, 0.15) is 5.75 Å². The fraction of sp³-hybridized carbons (Fsp3) is 0.263. The van der Waals surface area contributed by atoms with Crippen LogP contribution in [-0.2, 0) is 11.3 Å². The fourth-order valence-electron chi connectivity index (χ4n) is 2.73. The predicted molar refractivity (Wildman–Crippen MR) is 88.6 cm³/mol. The Bertz CT molecular complexity index is 780. The highest BCUT2D eigenvalue weighted by Crippen LogP contribution is 2.32. The molecule has 0 saturated heterocycles. The van der Waals surface area contributed by atoms with Gasteiger partial charge in [0.05, 0.1) is 17.8 Å². The molecule has 1 aliphatic heterocycles. The van der Waals surface area contributed by atoms with Crippen LogP contribution in [0.5, 0.6) is 5.75 Å². The molecule has 2 aromatic carbocycles. The maximum atomic E-state index is 12.7. The number of rotatable bonds is 1. The van der Waals surface area contributed by atoms with E-state index in [4.69, 9.17) is 4.74 Å². The molecule has 0 atom stereocenters. The number of benzene rings is 2. The molecule has 0 aromatic heterocycles. The van der Waals surface area contributed by atoms with Crippen LogP contribution in [0.4, 0.5) is 5.69 Å². The van der Waals surface area contributed by atoms with Crippen LogP contribution in [0, 0.1) is 12.8 Å². The summed E-state index contributed by atoms with van der Waals surface area (Å²) in [5, 5.41) is 0. The molecule has 1 aliphatic rings. The third-order valence-corrected chi connectivity index (χ3v) is 3.92. The number of ether oxygens (including phenoxy) is 1. The van der Waals surface area contributed by atoms with Gasteiger partial charge < -0.3 is 9.64 Å². The minimum atomic E-state index is -0.438. The van der Waals surface area contributed by atoms with Crippen molar-refractivity contribution in [2.24, 2.45) is 5.92 Å². The SMILES string of the molecule is Cc1ccc2c(c1)CN(C(=O)C(C)C)c1ccccc1C(=O)O2. The van der Waals surface area contributed by atoms with Crippen LogP contribution in [0.3, 0.4) is 0 Å². The van der Waals surface area contributed by atoms with Crippen LogP contribution in [0.1, 0.15) is 35.3 Å².